The molecule has 1 aromatic rings. The van der Waals surface area contributed by atoms with Crippen molar-refractivity contribution in [1.82, 2.24) is 4.90 Å². The molecule has 0 radical (unpaired) electrons. The Morgan fingerprint density at radius 3 is 2.52 bits per heavy atom. The van der Waals surface area contributed by atoms with E-state index in [1.807, 2.05) is 0 Å². The van der Waals surface area contributed by atoms with Crippen molar-refractivity contribution in [2.45, 2.75) is 31.7 Å². The quantitative estimate of drug-likeness (QED) is 0.908. The minimum absolute atomic E-state index is 0.129. The molecule has 1 rings (SSSR count). The first-order valence-electron chi connectivity index (χ1n) is 6.23. The van der Waals surface area contributed by atoms with Crippen LogP contribution < -0.4 is 4.74 Å². The maximum Gasteiger partial charge on any atom is 0.417 e. The van der Waals surface area contributed by atoms with Gasteiger partial charge in [0.25, 0.3) is 0 Å². The highest BCUT2D eigenvalue weighted by atomic mass is 19.4. The fourth-order valence-electron chi connectivity index (χ4n) is 1.66. The molecule has 0 aliphatic heterocycles. The third-order valence-electron chi connectivity index (χ3n) is 3.09. The lowest BCUT2D eigenvalue weighted by Crippen LogP contribution is -2.46. The number of nitrogens with zero attached hydrogens (tertiary/aromatic N) is 1. The van der Waals surface area contributed by atoms with Crippen LogP contribution in [-0.2, 0) is 11.3 Å². The Morgan fingerprint density at radius 1 is 1.38 bits per heavy atom. The second kappa shape index (κ2) is 6.34. The van der Waals surface area contributed by atoms with Crippen LogP contribution in [0.2, 0.25) is 0 Å². The predicted molar refractivity (Wildman–Crippen MR) is 70.8 cm³/mol. The van der Waals surface area contributed by atoms with E-state index < -0.39 is 24.1 Å². The van der Waals surface area contributed by atoms with Crippen molar-refractivity contribution in [3.05, 3.63) is 29.8 Å². The molecule has 1 aromatic carbocycles. The van der Waals surface area contributed by atoms with Gasteiger partial charge in [-0.15, -0.1) is 0 Å². The van der Waals surface area contributed by atoms with Crippen molar-refractivity contribution in [1.29, 1.82) is 0 Å². The number of hydrogen-bond acceptors (Lipinski definition) is 3. The summed E-state index contributed by atoms with van der Waals surface area (Å²) in [5.41, 5.74) is -2.32. The molecule has 0 saturated carbocycles. The van der Waals surface area contributed by atoms with Gasteiger partial charge in [-0.3, -0.25) is 4.79 Å². The van der Waals surface area contributed by atoms with Crippen molar-refractivity contribution >= 4 is 5.91 Å². The third-order valence-corrected chi connectivity index (χ3v) is 3.09. The number of rotatable bonds is 5. The highest BCUT2D eigenvalue weighted by Gasteiger charge is 2.51. The Balaban J connectivity index is 2.71. The number of carbonyl (C=O) groups is 1. The fourth-order valence-corrected chi connectivity index (χ4v) is 1.66. The molecule has 0 aliphatic carbocycles. The van der Waals surface area contributed by atoms with E-state index in [4.69, 9.17) is 4.74 Å². The first-order valence-corrected chi connectivity index (χ1v) is 6.23. The molecule has 0 fully saturated rings. The van der Waals surface area contributed by atoms with Gasteiger partial charge < -0.3 is 14.7 Å². The number of ether oxygens (including phenoxy) is 1. The maximum absolute atomic E-state index is 12.5. The molecule has 21 heavy (non-hydrogen) atoms. The van der Waals surface area contributed by atoms with Crippen LogP contribution in [0.5, 0.6) is 5.75 Å². The van der Waals surface area contributed by atoms with E-state index in [1.165, 1.54) is 14.2 Å². The molecule has 0 heterocycles. The average Bonchev–Trinajstić information content (AvgIpc) is 2.37. The largest absolute Gasteiger partial charge is 0.497 e. The topological polar surface area (TPSA) is 49.8 Å². The highest BCUT2D eigenvalue weighted by Crippen LogP contribution is 2.33. The van der Waals surface area contributed by atoms with Crippen LogP contribution in [0.1, 0.15) is 18.9 Å². The molecular weight excluding hydrogens is 287 g/mol. The van der Waals surface area contributed by atoms with Gasteiger partial charge in [-0.05, 0) is 24.6 Å². The number of halogens is 3. The SMILES string of the molecule is COc1cccc(CN(C)C(=O)C[C@](C)(O)C(F)(F)F)c1. The zero-order valence-corrected chi connectivity index (χ0v) is 12.1. The zero-order valence-electron chi connectivity index (χ0n) is 12.1. The summed E-state index contributed by atoms with van der Waals surface area (Å²) in [5, 5.41) is 9.33. The van der Waals surface area contributed by atoms with Crippen molar-refractivity contribution in [3.63, 3.8) is 0 Å². The van der Waals surface area contributed by atoms with E-state index in [0.29, 0.717) is 12.7 Å². The number of alkyl halides is 3. The number of benzene rings is 1. The van der Waals surface area contributed by atoms with Gasteiger partial charge >= 0.3 is 6.18 Å². The monoisotopic (exact) mass is 305 g/mol. The molecule has 1 atom stereocenters. The number of carbonyl (C=O) groups excluding carboxylic acids is 1. The van der Waals surface area contributed by atoms with Crippen molar-refractivity contribution < 1.29 is 27.8 Å². The molecule has 0 unspecified atom stereocenters. The van der Waals surface area contributed by atoms with Gasteiger partial charge in [0.15, 0.2) is 5.60 Å². The van der Waals surface area contributed by atoms with Gasteiger partial charge in [0.05, 0.1) is 13.5 Å². The molecular formula is C14H18F3NO3. The first-order chi connectivity index (χ1) is 9.56. The van der Waals surface area contributed by atoms with E-state index in [0.717, 1.165) is 10.5 Å². The van der Waals surface area contributed by atoms with Crippen LogP contribution in [0.25, 0.3) is 0 Å². The molecule has 0 aromatic heterocycles. The number of methoxy groups -OCH3 is 1. The van der Waals surface area contributed by atoms with Gasteiger partial charge in [-0.25, -0.2) is 0 Å². The molecule has 0 bridgehead atoms. The molecule has 7 heteroatoms. The summed E-state index contributed by atoms with van der Waals surface area (Å²) >= 11 is 0. The molecule has 118 valence electrons. The molecule has 0 spiro atoms. The first kappa shape index (κ1) is 17.3. The smallest absolute Gasteiger partial charge is 0.417 e. The minimum atomic E-state index is -4.85. The Bertz CT molecular complexity index is 500. The number of aliphatic hydroxyl groups is 1. The van der Waals surface area contributed by atoms with Crippen LogP contribution >= 0.6 is 0 Å². The van der Waals surface area contributed by atoms with Gasteiger partial charge in [0.2, 0.25) is 5.91 Å². The van der Waals surface area contributed by atoms with Crippen LogP contribution in [-0.4, -0.2) is 41.8 Å². The maximum atomic E-state index is 12.5. The lowest BCUT2D eigenvalue weighted by atomic mass is 10.0. The third kappa shape index (κ3) is 4.63. The van der Waals surface area contributed by atoms with Gasteiger partial charge in [-0.2, -0.15) is 13.2 Å². The summed E-state index contributed by atoms with van der Waals surface area (Å²) in [4.78, 5) is 12.9. The van der Waals surface area contributed by atoms with E-state index in [1.54, 1.807) is 24.3 Å². The van der Waals surface area contributed by atoms with Crippen LogP contribution in [0, 0.1) is 0 Å². The number of amides is 1. The second-order valence-corrected chi connectivity index (χ2v) is 5.05. The normalized spacial score (nSPS) is 14.4. The Labute approximate surface area is 121 Å². The van der Waals surface area contributed by atoms with Crippen LogP contribution in [0.4, 0.5) is 13.2 Å². The van der Waals surface area contributed by atoms with Gasteiger partial charge in [0, 0.05) is 13.6 Å². The average molecular weight is 305 g/mol. The van der Waals surface area contributed by atoms with Crippen molar-refractivity contribution in [2.75, 3.05) is 14.2 Å². The fraction of sp³-hybridized carbons (Fsp3) is 0.500. The van der Waals surface area contributed by atoms with E-state index in [2.05, 4.69) is 0 Å². The lowest BCUT2D eigenvalue weighted by molar-refractivity contribution is -0.254. The van der Waals surface area contributed by atoms with Crippen LogP contribution in [0.3, 0.4) is 0 Å². The zero-order chi connectivity index (χ0) is 16.3. The summed E-state index contributed by atoms with van der Waals surface area (Å²) < 4.78 is 42.7. The second-order valence-electron chi connectivity index (χ2n) is 5.05. The Kier molecular flexibility index (Phi) is 5.22. The lowest BCUT2D eigenvalue weighted by Gasteiger charge is -2.28. The van der Waals surface area contributed by atoms with Gasteiger partial charge in [0.1, 0.15) is 5.75 Å². The molecule has 1 N–H and O–H groups in total. The van der Waals surface area contributed by atoms with Crippen molar-refractivity contribution in [2.24, 2.45) is 0 Å². The predicted octanol–water partition coefficient (Wildman–Crippen LogP) is 2.36. The Hall–Kier alpha value is -1.76. The van der Waals surface area contributed by atoms with E-state index in [-0.39, 0.29) is 6.54 Å². The summed E-state index contributed by atoms with van der Waals surface area (Å²) in [5.74, 6) is -0.198. The van der Waals surface area contributed by atoms with Crippen LogP contribution in [0.15, 0.2) is 24.3 Å². The summed E-state index contributed by atoms with van der Waals surface area (Å²) in [6.07, 6.45) is -5.86. The molecule has 4 nitrogen and oxygen atoms in total. The molecule has 0 aliphatic rings. The standard InChI is InChI=1S/C14H18F3NO3/c1-13(20,14(15,16)17)8-12(19)18(2)9-10-5-4-6-11(7-10)21-3/h4-7,20H,8-9H2,1-3H3/t13-/m0/s1. The Morgan fingerprint density at radius 2 is 2.00 bits per heavy atom. The van der Waals surface area contributed by atoms with Crippen molar-refractivity contribution in [3.8, 4) is 5.75 Å². The molecule has 0 saturated heterocycles. The summed E-state index contributed by atoms with van der Waals surface area (Å²) in [6.45, 7) is 0.717. The summed E-state index contributed by atoms with van der Waals surface area (Å²) in [6, 6.07) is 6.86. The van der Waals surface area contributed by atoms with Gasteiger partial charge in [-0.1, -0.05) is 12.1 Å². The van der Waals surface area contributed by atoms with E-state index in [9.17, 15) is 23.1 Å². The highest BCUT2D eigenvalue weighted by molar-refractivity contribution is 5.77. The minimum Gasteiger partial charge on any atom is -0.497 e. The molecule has 1 amide bonds. The van der Waals surface area contributed by atoms with E-state index >= 15 is 0 Å². The summed E-state index contributed by atoms with van der Waals surface area (Å²) in [7, 11) is 2.88. The number of hydrogen-bond donors (Lipinski definition) is 1.